The summed E-state index contributed by atoms with van der Waals surface area (Å²) in [5.74, 6) is -0.882. The third-order valence-electron chi connectivity index (χ3n) is 2.37. The number of Topliss-reactive ketones (excluding diaryl/α,β-unsaturated/α-hetero) is 1. The Bertz CT molecular complexity index is 678. The van der Waals surface area contributed by atoms with Crippen LogP contribution < -0.4 is 5.01 Å². The summed E-state index contributed by atoms with van der Waals surface area (Å²) in [5, 5.41) is 12.4. The standard InChI is InChI=1S/C10H9N3O4S/c1-6-9(14)10(11)13(12-6)7-3-2-4-8(5-7)18(15,16)17/h2-5,11H,1H3,(H,15,16,17). The van der Waals surface area contributed by atoms with Crippen molar-refractivity contribution in [3.63, 3.8) is 0 Å². The van der Waals surface area contributed by atoms with E-state index in [1.807, 2.05) is 0 Å². The van der Waals surface area contributed by atoms with Crippen LogP contribution in [0.2, 0.25) is 0 Å². The SMILES string of the molecule is CC1=NN(c2cccc(S(=O)(=O)O)c2)C(=N)C1=O. The van der Waals surface area contributed by atoms with Crippen molar-refractivity contribution in [1.82, 2.24) is 0 Å². The average Bonchev–Trinajstić information content (AvgIpc) is 2.56. The fourth-order valence-electron chi connectivity index (χ4n) is 1.48. The van der Waals surface area contributed by atoms with E-state index in [0.717, 1.165) is 11.1 Å². The Labute approximate surface area is 103 Å². The molecule has 1 aromatic carbocycles. The summed E-state index contributed by atoms with van der Waals surface area (Å²) < 4.78 is 30.9. The van der Waals surface area contributed by atoms with Crippen molar-refractivity contribution < 1.29 is 17.8 Å². The minimum Gasteiger partial charge on any atom is -0.284 e. The Morgan fingerprint density at radius 3 is 2.56 bits per heavy atom. The molecule has 0 bridgehead atoms. The average molecular weight is 267 g/mol. The van der Waals surface area contributed by atoms with Gasteiger partial charge in [0.1, 0.15) is 5.71 Å². The third kappa shape index (κ3) is 2.03. The number of rotatable bonds is 2. The highest BCUT2D eigenvalue weighted by atomic mass is 32.2. The van der Waals surface area contributed by atoms with Crippen LogP contribution in [0, 0.1) is 5.41 Å². The zero-order valence-corrected chi connectivity index (χ0v) is 10.1. The van der Waals surface area contributed by atoms with Crippen molar-refractivity contribution in [2.24, 2.45) is 5.10 Å². The molecule has 0 saturated carbocycles. The van der Waals surface area contributed by atoms with E-state index in [2.05, 4.69) is 5.10 Å². The molecule has 2 rings (SSSR count). The van der Waals surface area contributed by atoms with Gasteiger partial charge in [-0.2, -0.15) is 13.5 Å². The lowest BCUT2D eigenvalue weighted by molar-refractivity contribution is -0.107. The van der Waals surface area contributed by atoms with Gasteiger partial charge in [0, 0.05) is 0 Å². The Kier molecular flexibility index (Phi) is 2.76. The van der Waals surface area contributed by atoms with E-state index in [4.69, 9.17) is 9.96 Å². The monoisotopic (exact) mass is 267 g/mol. The highest BCUT2D eigenvalue weighted by molar-refractivity contribution is 7.85. The maximum atomic E-state index is 11.4. The van der Waals surface area contributed by atoms with Gasteiger partial charge in [-0.3, -0.25) is 14.8 Å². The predicted molar refractivity (Wildman–Crippen MR) is 64.6 cm³/mol. The molecule has 0 unspecified atom stereocenters. The number of benzene rings is 1. The number of nitrogens with one attached hydrogen (secondary N) is 1. The highest BCUT2D eigenvalue weighted by Crippen LogP contribution is 2.22. The Balaban J connectivity index is 2.48. The van der Waals surface area contributed by atoms with E-state index in [0.29, 0.717) is 0 Å². The summed E-state index contributed by atoms with van der Waals surface area (Å²) in [5.41, 5.74) is 0.373. The van der Waals surface area contributed by atoms with Gasteiger partial charge in [-0.05, 0) is 25.1 Å². The van der Waals surface area contributed by atoms with Crippen molar-refractivity contribution in [2.45, 2.75) is 11.8 Å². The minimum atomic E-state index is -4.33. The molecular formula is C10H9N3O4S. The van der Waals surface area contributed by atoms with Crippen molar-refractivity contribution in [1.29, 1.82) is 5.41 Å². The second kappa shape index (κ2) is 4.00. The number of nitrogens with zero attached hydrogens (tertiary/aromatic N) is 2. The fraction of sp³-hybridized carbons (Fsp3) is 0.100. The zero-order chi connectivity index (χ0) is 13.5. The van der Waals surface area contributed by atoms with Gasteiger partial charge in [-0.1, -0.05) is 6.07 Å². The van der Waals surface area contributed by atoms with Gasteiger partial charge < -0.3 is 0 Å². The number of hydrazone groups is 1. The molecule has 0 aliphatic carbocycles. The number of carbonyl (C=O) groups excluding carboxylic acids is 1. The first-order valence-corrected chi connectivity index (χ1v) is 6.31. The number of anilines is 1. The molecule has 18 heavy (non-hydrogen) atoms. The van der Waals surface area contributed by atoms with Crippen LogP contribution in [0.3, 0.4) is 0 Å². The summed E-state index contributed by atoms with van der Waals surface area (Å²) in [6.07, 6.45) is 0. The molecule has 1 aromatic rings. The van der Waals surface area contributed by atoms with Crippen LogP contribution in [0.1, 0.15) is 6.92 Å². The lowest BCUT2D eigenvalue weighted by Crippen LogP contribution is -2.26. The van der Waals surface area contributed by atoms with Gasteiger partial charge in [0.15, 0.2) is 5.84 Å². The Morgan fingerprint density at radius 1 is 1.39 bits per heavy atom. The second-order valence-electron chi connectivity index (χ2n) is 3.65. The van der Waals surface area contributed by atoms with Crippen molar-refractivity contribution in [3.05, 3.63) is 24.3 Å². The fourth-order valence-corrected chi connectivity index (χ4v) is 2.00. The topological polar surface area (TPSA) is 111 Å². The lowest BCUT2D eigenvalue weighted by atomic mass is 10.2. The van der Waals surface area contributed by atoms with Crippen LogP contribution in [0.25, 0.3) is 0 Å². The lowest BCUT2D eigenvalue weighted by Gasteiger charge is -2.13. The molecule has 1 heterocycles. The molecule has 0 amide bonds. The predicted octanol–water partition coefficient (Wildman–Crippen LogP) is 0.676. The maximum absolute atomic E-state index is 11.4. The molecule has 0 aromatic heterocycles. The maximum Gasteiger partial charge on any atom is 0.294 e. The van der Waals surface area contributed by atoms with Gasteiger partial charge in [0.05, 0.1) is 10.6 Å². The molecule has 1 aliphatic rings. The van der Waals surface area contributed by atoms with E-state index in [1.54, 1.807) is 0 Å². The molecule has 8 heteroatoms. The number of hydrogen-bond donors (Lipinski definition) is 2. The highest BCUT2D eigenvalue weighted by Gasteiger charge is 2.29. The summed E-state index contributed by atoms with van der Waals surface area (Å²) in [6.45, 7) is 1.46. The number of amidine groups is 1. The smallest absolute Gasteiger partial charge is 0.284 e. The molecule has 0 spiro atoms. The van der Waals surface area contributed by atoms with Crippen LogP contribution in [0.5, 0.6) is 0 Å². The van der Waals surface area contributed by atoms with E-state index in [9.17, 15) is 13.2 Å². The third-order valence-corrected chi connectivity index (χ3v) is 3.22. The zero-order valence-electron chi connectivity index (χ0n) is 9.28. The quantitative estimate of drug-likeness (QED) is 0.765. The van der Waals surface area contributed by atoms with E-state index >= 15 is 0 Å². The Hall–Kier alpha value is -2.06. The van der Waals surface area contributed by atoms with Gasteiger partial charge in [0.2, 0.25) is 5.78 Å². The van der Waals surface area contributed by atoms with Gasteiger partial charge in [-0.25, -0.2) is 5.01 Å². The first-order valence-electron chi connectivity index (χ1n) is 4.87. The molecule has 2 N–H and O–H groups in total. The Morgan fingerprint density at radius 2 is 2.06 bits per heavy atom. The van der Waals surface area contributed by atoms with Gasteiger partial charge in [0.25, 0.3) is 10.1 Å². The van der Waals surface area contributed by atoms with E-state index in [-0.39, 0.29) is 22.1 Å². The van der Waals surface area contributed by atoms with Crippen molar-refractivity contribution in [3.8, 4) is 0 Å². The van der Waals surface area contributed by atoms with Crippen molar-refractivity contribution >= 4 is 33.1 Å². The van der Waals surface area contributed by atoms with Crippen LogP contribution in [-0.2, 0) is 14.9 Å². The first kappa shape index (κ1) is 12.4. The van der Waals surface area contributed by atoms with Crippen LogP contribution in [-0.4, -0.2) is 30.3 Å². The van der Waals surface area contributed by atoms with Crippen LogP contribution in [0.4, 0.5) is 5.69 Å². The molecule has 1 aliphatic heterocycles. The largest absolute Gasteiger partial charge is 0.294 e. The number of carbonyl (C=O) groups is 1. The van der Waals surface area contributed by atoms with Gasteiger partial charge >= 0.3 is 0 Å². The first-order chi connectivity index (χ1) is 8.30. The molecule has 0 fully saturated rings. The summed E-state index contributed by atoms with van der Waals surface area (Å²) in [6, 6.07) is 5.22. The number of ketones is 1. The summed E-state index contributed by atoms with van der Waals surface area (Å²) in [7, 11) is -4.33. The van der Waals surface area contributed by atoms with Crippen LogP contribution >= 0.6 is 0 Å². The molecule has 0 radical (unpaired) electrons. The molecule has 0 atom stereocenters. The molecule has 0 saturated heterocycles. The molecule has 7 nitrogen and oxygen atoms in total. The van der Waals surface area contributed by atoms with E-state index < -0.39 is 15.9 Å². The molecule has 94 valence electrons. The summed E-state index contributed by atoms with van der Waals surface area (Å²) in [4.78, 5) is 11.1. The normalized spacial score (nSPS) is 16.1. The molecular weight excluding hydrogens is 258 g/mol. The van der Waals surface area contributed by atoms with E-state index in [1.165, 1.54) is 25.1 Å². The van der Waals surface area contributed by atoms with Crippen LogP contribution in [0.15, 0.2) is 34.3 Å². The van der Waals surface area contributed by atoms with Gasteiger partial charge in [-0.15, -0.1) is 0 Å². The summed E-state index contributed by atoms with van der Waals surface area (Å²) >= 11 is 0. The number of hydrogen-bond acceptors (Lipinski definition) is 5. The minimum absolute atomic E-state index is 0.150. The second-order valence-corrected chi connectivity index (χ2v) is 5.07. The van der Waals surface area contributed by atoms with Crippen molar-refractivity contribution in [2.75, 3.05) is 5.01 Å².